The van der Waals surface area contributed by atoms with E-state index >= 15 is 0 Å². The lowest BCUT2D eigenvalue weighted by Gasteiger charge is -2.21. The van der Waals surface area contributed by atoms with E-state index in [9.17, 15) is 4.79 Å². The third-order valence-electron chi connectivity index (χ3n) is 2.13. The zero-order valence-corrected chi connectivity index (χ0v) is 13.6. The van der Waals surface area contributed by atoms with E-state index < -0.39 is 6.29 Å². The number of halogens is 2. The highest BCUT2D eigenvalue weighted by atomic mass is 79.9. The maximum Gasteiger partial charge on any atom is 0.253 e. The predicted octanol–water partition coefficient (Wildman–Crippen LogP) is 3.01. The van der Waals surface area contributed by atoms with E-state index in [1.807, 2.05) is 6.92 Å². The molecule has 1 aromatic heterocycles. The number of nitrogens with one attached hydrogen (secondary N) is 1. The van der Waals surface area contributed by atoms with Crippen molar-refractivity contribution in [1.29, 1.82) is 0 Å². The predicted molar refractivity (Wildman–Crippen MR) is 74.5 cm³/mol. The topological polar surface area (TPSA) is 47.6 Å². The van der Waals surface area contributed by atoms with Crippen LogP contribution in [-0.2, 0) is 9.47 Å². The molecule has 0 aliphatic carbocycles. The first-order valence-corrected chi connectivity index (χ1v) is 7.21. The first-order chi connectivity index (χ1) is 7.99. The van der Waals surface area contributed by atoms with Crippen molar-refractivity contribution in [3.63, 3.8) is 0 Å². The van der Waals surface area contributed by atoms with E-state index in [1.54, 1.807) is 6.07 Å². The van der Waals surface area contributed by atoms with Crippen LogP contribution in [0.5, 0.6) is 0 Å². The third-order valence-corrected chi connectivity index (χ3v) is 4.47. The van der Waals surface area contributed by atoms with Crippen LogP contribution in [0.25, 0.3) is 0 Å². The van der Waals surface area contributed by atoms with Gasteiger partial charge in [0.15, 0.2) is 6.29 Å². The summed E-state index contributed by atoms with van der Waals surface area (Å²) in [4.78, 5) is 12.0. The molecular weight excluding hydrogens is 374 g/mol. The molecule has 7 heteroatoms. The van der Waals surface area contributed by atoms with Crippen LogP contribution in [0, 0.1) is 0 Å². The van der Waals surface area contributed by atoms with Crippen LogP contribution >= 0.6 is 43.2 Å². The second-order valence-corrected chi connectivity index (χ2v) is 7.09. The van der Waals surface area contributed by atoms with Crippen molar-refractivity contribution in [2.24, 2.45) is 0 Å². The summed E-state index contributed by atoms with van der Waals surface area (Å²) in [6.45, 7) is 1.82. The SMILES string of the molecule is COC(OC)C(C)NC(=O)c1cc(Br)sc1Br. The summed E-state index contributed by atoms with van der Waals surface area (Å²) in [7, 11) is 3.07. The Hall–Kier alpha value is 0.0500. The minimum Gasteiger partial charge on any atom is -0.354 e. The van der Waals surface area contributed by atoms with E-state index in [0.717, 1.165) is 7.57 Å². The summed E-state index contributed by atoms with van der Waals surface area (Å²) < 4.78 is 11.8. The van der Waals surface area contributed by atoms with Crippen molar-refractivity contribution in [3.8, 4) is 0 Å². The van der Waals surface area contributed by atoms with Gasteiger partial charge in [0.1, 0.15) is 0 Å². The molecule has 1 N–H and O–H groups in total. The van der Waals surface area contributed by atoms with Gasteiger partial charge in [0.25, 0.3) is 5.91 Å². The molecule has 0 aliphatic heterocycles. The molecule has 1 unspecified atom stereocenters. The summed E-state index contributed by atoms with van der Waals surface area (Å²) in [5.41, 5.74) is 0.597. The molecule has 0 bridgehead atoms. The molecule has 0 radical (unpaired) electrons. The van der Waals surface area contributed by atoms with Gasteiger partial charge >= 0.3 is 0 Å². The maximum atomic E-state index is 12.0. The number of ether oxygens (including phenoxy) is 2. The van der Waals surface area contributed by atoms with E-state index in [-0.39, 0.29) is 11.9 Å². The Morgan fingerprint density at radius 2 is 2.00 bits per heavy atom. The van der Waals surface area contributed by atoms with Crippen LogP contribution in [-0.4, -0.2) is 32.5 Å². The quantitative estimate of drug-likeness (QED) is 0.791. The Kier molecular flexibility index (Phi) is 6.08. The van der Waals surface area contributed by atoms with Crippen LogP contribution in [0.1, 0.15) is 17.3 Å². The van der Waals surface area contributed by atoms with Gasteiger partial charge in [-0.2, -0.15) is 0 Å². The van der Waals surface area contributed by atoms with Gasteiger partial charge in [-0.3, -0.25) is 4.79 Å². The summed E-state index contributed by atoms with van der Waals surface area (Å²) in [5.74, 6) is -0.162. The Morgan fingerprint density at radius 3 is 2.41 bits per heavy atom. The van der Waals surface area contributed by atoms with Gasteiger partial charge in [0, 0.05) is 14.2 Å². The van der Waals surface area contributed by atoms with Crippen molar-refractivity contribution in [3.05, 3.63) is 19.2 Å². The summed E-state index contributed by atoms with van der Waals surface area (Å²) in [6.07, 6.45) is -0.459. The maximum absolute atomic E-state index is 12.0. The minimum atomic E-state index is -0.459. The minimum absolute atomic E-state index is 0.162. The Balaban J connectivity index is 2.69. The summed E-state index contributed by atoms with van der Waals surface area (Å²) >= 11 is 8.13. The van der Waals surface area contributed by atoms with Crippen LogP contribution in [0.4, 0.5) is 0 Å². The lowest BCUT2D eigenvalue weighted by molar-refractivity contribution is -0.117. The van der Waals surface area contributed by atoms with Gasteiger partial charge in [0.05, 0.1) is 19.2 Å². The number of hydrogen-bond acceptors (Lipinski definition) is 4. The smallest absolute Gasteiger partial charge is 0.253 e. The number of rotatable bonds is 5. The molecule has 4 nitrogen and oxygen atoms in total. The highest BCUT2D eigenvalue weighted by molar-refractivity contribution is 9.12. The molecule has 1 atom stereocenters. The van der Waals surface area contributed by atoms with Crippen molar-refractivity contribution in [1.82, 2.24) is 5.32 Å². The van der Waals surface area contributed by atoms with E-state index in [2.05, 4.69) is 37.2 Å². The number of carbonyl (C=O) groups is 1. The Morgan fingerprint density at radius 1 is 1.41 bits per heavy atom. The van der Waals surface area contributed by atoms with Gasteiger partial charge in [-0.15, -0.1) is 11.3 Å². The van der Waals surface area contributed by atoms with E-state index in [0.29, 0.717) is 5.56 Å². The van der Waals surface area contributed by atoms with Gasteiger partial charge in [-0.1, -0.05) is 0 Å². The van der Waals surface area contributed by atoms with Crippen molar-refractivity contribution in [2.75, 3.05) is 14.2 Å². The second kappa shape index (κ2) is 6.84. The molecule has 1 aromatic rings. The summed E-state index contributed by atoms with van der Waals surface area (Å²) in [6, 6.07) is 1.54. The molecule has 17 heavy (non-hydrogen) atoms. The molecule has 0 saturated carbocycles. The fraction of sp³-hybridized carbons (Fsp3) is 0.500. The average molecular weight is 387 g/mol. The second-order valence-electron chi connectivity index (χ2n) is 3.34. The molecule has 96 valence electrons. The zero-order valence-electron chi connectivity index (χ0n) is 9.62. The van der Waals surface area contributed by atoms with Gasteiger partial charge < -0.3 is 14.8 Å². The van der Waals surface area contributed by atoms with E-state index in [4.69, 9.17) is 9.47 Å². The number of carbonyl (C=O) groups excluding carboxylic acids is 1. The molecule has 0 fully saturated rings. The van der Waals surface area contributed by atoms with Crippen LogP contribution in [0.3, 0.4) is 0 Å². The first-order valence-electron chi connectivity index (χ1n) is 4.80. The molecule has 0 aliphatic rings. The van der Waals surface area contributed by atoms with Crippen LogP contribution < -0.4 is 5.32 Å². The lowest BCUT2D eigenvalue weighted by atomic mass is 10.2. The number of amides is 1. The van der Waals surface area contributed by atoms with Crippen molar-refractivity contribution in [2.45, 2.75) is 19.3 Å². The number of thiophene rings is 1. The van der Waals surface area contributed by atoms with Crippen LogP contribution in [0.15, 0.2) is 13.6 Å². The number of methoxy groups -OCH3 is 2. The molecular formula is C10H13Br2NO3S. The van der Waals surface area contributed by atoms with Crippen molar-refractivity contribution >= 4 is 49.1 Å². The largest absolute Gasteiger partial charge is 0.354 e. The monoisotopic (exact) mass is 385 g/mol. The average Bonchev–Trinajstić information content (AvgIpc) is 2.59. The first kappa shape index (κ1) is 15.1. The normalized spacial score (nSPS) is 12.8. The molecule has 0 spiro atoms. The summed E-state index contributed by atoms with van der Waals surface area (Å²) in [5, 5.41) is 2.82. The molecule has 0 aromatic carbocycles. The molecule has 1 rings (SSSR count). The molecule has 1 amide bonds. The number of hydrogen-bond donors (Lipinski definition) is 1. The van der Waals surface area contributed by atoms with Crippen LogP contribution in [0.2, 0.25) is 0 Å². The standard InChI is InChI=1S/C10H13Br2NO3S/c1-5(10(15-2)16-3)13-9(14)6-4-7(11)17-8(6)12/h4-5,10H,1-3H3,(H,13,14). The highest BCUT2D eigenvalue weighted by Gasteiger charge is 2.21. The Bertz CT molecular complexity index is 393. The lowest BCUT2D eigenvalue weighted by Crippen LogP contribution is -2.42. The Labute approximate surface area is 121 Å². The van der Waals surface area contributed by atoms with Gasteiger partial charge in [-0.05, 0) is 44.8 Å². The third kappa shape index (κ3) is 4.03. The van der Waals surface area contributed by atoms with Crippen molar-refractivity contribution < 1.29 is 14.3 Å². The highest BCUT2D eigenvalue weighted by Crippen LogP contribution is 2.31. The molecule has 0 saturated heterocycles. The fourth-order valence-corrected chi connectivity index (χ4v) is 4.15. The molecule has 1 heterocycles. The van der Waals surface area contributed by atoms with E-state index in [1.165, 1.54) is 25.6 Å². The zero-order chi connectivity index (χ0) is 13.0. The van der Waals surface area contributed by atoms with Gasteiger partial charge in [0.2, 0.25) is 0 Å². The fourth-order valence-electron chi connectivity index (χ4n) is 1.35. The van der Waals surface area contributed by atoms with Gasteiger partial charge in [-0.25, -0.2) is 0 Å².